The Morgan fingerprint density at radius 2 is 1.95 bits per heavy atom. The molecule has 7 heteroatoms. The second-order valence-electron chi connectivity index (χ2n) is 7.03. The van der Waals surface area contributed by atoms with Crippen LogP contribution in [-0.2, 0) is 17.6 Å². The third-order valence-electron chi connectivity index (χ3n) is 4.13. The number of aliphatic hydroxyl groups excluding tert-OH is 1. The van der Waals surface area contributed by atoms with E-state index in [9.17, 15) is 5.11 Å². The molecular weight excluding hydrogens is 411 g/mol. The van der Waals surface area contributed by atoms with Gasteiger partial charge in [0.05, 0.1) is 31.6 Å². The molecule has 5 nitrogen and oxygen atoms in total. The topological polar surface area (TPSA) is 56.5 Å². The molecule has 0 saturated carbocycles. The molecule has 1 rings (SSSR count). The van der Waals surface area contributed by atoms with E-state index in [2.05, 4.69) is 68.5 Å². The Morgan fingerprint density at radius 1 is 1.36 bits per heavy atom. The van der Waals surface area contributed by atoms with E-state index in [-0.39, 0.29) is 17.7 Å². The maximum absolute atomic E-state index is 9.60. The Morgan fingerprint density at radius 3 is 2.41 bits per heavy atom. The van der Waals surface area contributed by atoms with E-state index in [1.54, 1.807) is 0 Å². The normalized spacial score (nSPS) is 14.2. The van der Waals surface area contributed by atoms with Gasteiger partial charge in [0.15, 0.2) is 8.32 Å². The SMILES string of the molecule is CCOc1nn(C[C@H](C)O[Si](C)(C)C(C)(C)C)c(CO)c1I. The smallest absolute Gasteiger partial charge is 0.246 e. The summed E-state index contributed by atoms with van der Waals surface area (Å²) < 4.78 is 14.6. The molecular formula is C15H29IN2O3Si. The van der Waals surface area contributed by atoms with Crippen LogP contribution in [-0.4, -0.2) is 35.9 Å². The molecule has 0 amide bonds. The largest absolute Gasteiger partial charge is 0.476 e. The van der Waals surface area contributed by atoms with Crippen molar-refractivity contribution in [3.8, 4) is 5.88 Å². The van der Waals surface area contributed by atoms with Crippen molar-refractivity contribution in [1.82, 2.24) is 9.78 Å². The summed E-state index contributed by atoms with van der Waals surface area (Å²) in [5.41, 5.74) is 0.787. The fourth-order valence-corrected chi connectivity index (χ4v) is 4.09. The van der Waals surface area contributed by atoms with Crippen LogP contribution in [0.25, 0.3) is 0 Å². The molecule has 0 fully saturated rings. The summed E-state index contributed by atoms with van der Waals surface area (Å²) in [4.78, 5) is 0. The first kappa shape index (κ1) is 19.9. The first-order valence-electron chi connectivity index (χ1n) is 7.70. The standard InChI is InChI=1S/C15H29IN2O3Si/c1-8-20-14-13(16)12(10-19)18(17-14)9-11(2)21-22(6,7)15(3,4)5/h11,19H,8-10H2,1-7H3/t11-/m0/s1. The second kappa shape index (κ2) is 7.63. The first-order chi connectivity index (χ1) is 10.0. The van der Waals surface area contributed by atoms with E-state index in [0.29, 0.717) is 19.0 Å². The van der Waals surface area contributed by atoms with Crippen molar-refractivity contribution in [3.05, 3.63) is 9.26 Å². The number of nitrogens with zero attached hydrogens (tertiary/aromatic N) is 2. The minimum absolute atomic E-state index is 0.0383. The van der Waals surface area contributed by atoms with E-state index in [0.717, 1.165) is 9.26 Å². The molecule has 0 radical (unpaired) electrons. The molecule has 0 aliphatic heterocycles. The number of aliphatic hydroxyl groups is 1. The number of halogens is 1. The molecule has 128 valence electrons. The molecule has 1 aromatic heterocycles. The fraction of sp³-hybridized carbons (Fsp3) is 0.800. The van der Waals surface area contributed by atoms with Crippen molar-refractivity contribution in [3.63, 3.8) is 0 Å². The zero-order chi connectivity index (χ0) is 17.1. The zero-order valence-electron chi connectivity index (χ0n) is 14.7. The van der Waals surface area contributed by atoms with Crippen LogP contribution in [0.15, 0.2) is 0 Å². The molecule has 0 aliphatic carbocycles. The predicted molar refractivity (Wildman–Crippen MR) is 99.8 cm³/mol. The summed E-state index contributed by atoms with van der Waals surface area (Å²) in [7, 11) is -1.81. The van der Waals surface area contributed by atoms with Gasteiger partial charge in [0.1, 0.15) is 3.57 Å². The van der Waals surface area contributed by atoms with Crippen LogP contribution < -0.4 is 4.74 Å². The van der Waals surface area contributed by atoms with Gasteiger partial charge in [-0.15, -0.1) is 5.10 Å². The van der Waals surface area contributed by atoms with E-state index in [4.69, 9.17) is 9.16 Å². The molecule has 0 unspecified atom stereocenters. The maximum atomic E-state index is 9.60. The highest BCUT2D eigenvalue weighted by molar-refractivity contribution is 14.1. The lowest BCUT2D eigenvalue weighted by Crippen LogP contribution is -2.44. The monoisotopic (exact) mass is 440 g/mol. The number of hydrogen-bond acceptors (Lipinski definition) is 4. The zero-order valence-corrected chi connectivity index (χ0v) is 17.9. The summed E-state index contributed by atoms with van der Waals surface area (Å²) in [5, 5.41) is 14.2. The average molecular weight is 440 g/mol. The molecule has 0 aromatic carbocycles. The van der Waals surface area contributed by atoms with Crippen LogP contribution in [0.2, 0.25) is 18.1 Å². The van der Waals surface area contributed by atoms with Gasteiger partial charge in [0.25, 0.3) is 0 Å². The number of ether oxygens (including phenoxy) is 1. The number of hydrogen-bond donors (Lipinski definition) is 1. The predicted octanol–water partition coefficient (Wildman–Crippen LogP) is 3.79. The minimum Gasteiger partial charge on any atom is -0.476 e. The van der Waals surface area contributed by atoms with Gasteiger partial charge in [-0.05, 0) is 54.6 Å². The van der Waals surface area contributed by atoms with Gasteiger partial charge in [0.2, 0.25) is 5.88 Å². The highest BCUT2D eigenvalue weighted by Crippen LogP contribution is 2.37. The summed E-state index contributed by atoms with van der Waals surface area (Å²) in [5.74, 6) is 0.590. The van der Waals surface area contributed by atoms with Crippen LogP contribution in [0.3, 0.4) is 0 Å². The van der Waals surface area contributed by atoms with E-state index >= 15 is 0 Å². The third-order valence-corrected chi connectivity index (χ3v) is 9.82. The van der Waals surface area contributed by atoms with Crippen molar-refractivity contribution in [2.24, 2.45) is 0 Å². The van der Waals surface area contributed by atoms with Gasteiger partial charge in [-0.1, -0.05) is 20.8 Å². The Hall–Kier alpha value is -0.123. The van der Waals surface area contributed by atoms with E-state index in [1.807, 2.05) is 11.6 Å². The van der Waals surface area contributed by atoms with Gasteiger partial charge < -0.3 is 14.3 Å². The molecule has 1 atom stereocenters. The Balaban J connectivity index is 2.88. The fourth-order valence-electron chi connectivity index (χ4n) is 1.94. The van der Waals surface area contributed by atoms with Gasteiger partial charge in [-0.25, -0.2) is 0 Å². The van der Waals surface area contributed by atoms with Crippen LogP contribution in [0.4, 0.5) is 0 Å². The molecule has 1 heterocycles. The van der Waals surface area contributed by atoms with Crippen LogP contribution in [0.1, 0.15) is 40.3 Å². The molecule has 0 aliphatic rings. The van der Waals surface area contributed by atoms with Crippen molar-refractivity contribution < 1.29 is 14.3 Å². The van der Waals surface area contributed by atoms with Gasteiger partial charge >= 0.3 is 0 Å². The van der Waals surface area contributed by atoms with Gasteiger partial charge in [-0.3, -0.25) is 4.68 Å². The third kappa shape index (κ3) is 4.69. The summed E-state index contributed by atoms with van der Waals surface area (Å²) in [6, 6.07) is 0. The number of rotatable bonds is 7. The molecule has 0 spiro atoms. The van der Waals surface area contributed by atoms with Crippen LogP contribution in [0.5, 0.6) is 5.88 Å². The Kier molecular flexibility index (Phi) is 6.91. The number of aromatic nitrogens is 2. The summed E-state index contributed by atoms with van der Waals surface area (Å²) >= 11 is 2.17. The van der Waals surface area contributed by atoms with E-state index in [1.165, 1.54) is 0 Å². The molecule has 0 bridgehead atoms. The highest BCUT2D eigenvalue weighted by atomic mass is 127. The lowest BCUT2D eigenvalue weighted by Gasteiger charge is -2.38. The van der Waals surface area contributed by atoms with E-state index < -0.39 is 8.32 Å². The lowest BCUT2D eigenvalue weighted by atomic mass is 10.2. The van der Waals surface area contributed by atoms with Crippen molar-refractivity contribution >= 4 is 30.9 Å². The first-order valence-corrected chi connectivity index (χ1v) is 11.7. The quantitative estimate of drug-likeness (QED) is 0.518. The average Bonchev–Trinajstić information content (AvgIpc) is 2.63. The Bertz CT molecular complexity index is 498. The van der Waals surface area contributed by atoms with Gasteiger partial charge in [0, 0.05) is 0 Å². The molecule has 0 saturated heterocycles. The van der Waals surface area contributed by atoms with Gasteiger partial charge in [-0.2, -0.15) is 0 Å². The molecule has 1 aromatic rings. The Labute approximate surface area is 148 Å². The summed E-state index contributed by atoms with van der Waals surface area (Å²) in [6.07, 6.45) is 0.0383. The van der Waals surface area contributed by atoms with Crippen LogP contribution in [0, 0.1) is 3.57 Å². The van der Waals surface area contributed by atoms with Crippen LogP contribution >= 0.6 is 22.6 Å². The van der Waals surface area contributed by atoms with Crippen molar-refractivity contribution in [2.45, 2.75) is 72.0 Å². The summed E-state index contributed by atoms with van der Waals surface area (Å²) in [6.45, 7) is 16.3. The second-order valence-corrected chi connectivity index (χ2v) is 12.9. The van der Waals surface area contributed by atoms with Crippen molar-refractivity contribution in [2.75, 3.05) is 6.61 Å². The maximum Gasteiger partial charge on any atom is 0.246 e. The molecule has 22 heavy (non-hydrogen) atoms. The van der Waals surface area contributed by atoms with Crippen molar-refractivity contribution in [1.29, 1.82) is 0 Å². The minimum atomic E-state index is -1.81. The highest BCUT2D eigenvalue weighted by Gasteiger charge is 2.38. The lowest BCUT2D eigenvalue weighted by molar-refractivity contribution is 0.167. The molecule has 1 N–H and O–H groups in total.